The van der Waals surface area contributed by atoms with E-state index >= 15 is 0 Å². The maximum absolute atomic E-state index is 8.79. The van der Waals surface area contributed by atoms with Crippen LogP contribution in [0.3, 0.4) is 0 Å². The standard InChI is InChI=1S/C12H26O6/c1-5-9(6-2)11(15-13)17-18-12(16-14)10(7-3)8-4/h9-14H,5-8H2,1-4H3. The minimum atomic E-state index is -0.882. The average Bonchev–Trinajstić information content (AvgIpc) is 2.42. The van der Waals surface area contributed by atoms with Crippen LogP contribution in [-0.4, -0.2) is 23.1 Å². The molecule has 0 amide bonds. The molecule has 0 aromatic carbocycles. The molecular weight excluding hydrogens is 240 g/mol. The van der Waals surface area contributed by atoms with Crippen molar-refractivity contribution in [1.82, 2.24) is 0 Å². The Kier molecular flexibility index (Phi) is 10.5. The lowest BCUT2D eigenvalue weighted by molar-refractivity contribution is -0.522. The van der Waals surface area contributed by atoms with Gasteiger partial charge in [-0.05, 0) is 25.7 Å². The summed E-state index contributed by atoms with van der Waals surface area (Å²) in [5, 5.41) is 17.6. The zero-order valence-corrected chi connectivity index (χ0v) is 11.7. The van der Waals surface area contributed by atoms with Gasteiger partial charge in [-0.15, -0.1) is 0 Å². The van der Waals surface area contributed by atoms with Crippen molar-refractivity contribution in [2.45, 2.75) is 66.0 Å². The minimum Gasteiger partial charge on any atom is -0.249 e. The molecular formula is C12H26O6. The first-order chi connectivity index (χ1) is 8.68. The second-order valence-electron chi connectivity index (χ2n) is 4.29. The maximum atomic E-state index is 8.79. The van der Waals surface area contributed by atoms with E-state index in [1.807, 2.05) is 27.7 Å². The predicted octanol–water partition coefficient (Wildman–Crippen LogP) is 3.44. The Hall–Kier alpha value is -0.240. The summed E-state index contributed by atoms with van der Waals surface area (Å²) in [6.45, 7) is 7.85. The van der Waals surface area contributed by atoms with Crippen LogP contribution in [0.4, 0.5) is 0 Å². The second-order valence-corrected chi connectivity index (χ2v) is 4.29. The summed E-state index contributed by atoms with van der Waals surface area (Å²) in [4.78, 5) is 18.5. The van der Waals surface area contributed by atoms with E-state index in [-0.39, 0.29) is 11.8 Å². The molecule has 0 aliphatic carbocycles. The summed E-state index contributed by atoms with van der Waals surface area (Å²) in [6, 6.07) is 0. The normalized spacial score (nSPS) is 15.3. The molecule has 2 unspecified atom stereocenters. The van der Waals surface area contributed by atoms with Gasteiger partial charge in [-0.3, -0.25) is 0 Å². The molecule has 2 N–H and O–H groups in total. The first kappa shape index (κ1) is 17.8. The van der Waals surface area contributed by atoms with Crippen LogP contribution in [0.5, 0.6) is 0 Å². The third-order valence-electron chi connectivity index (χ3n) is 3.32. The Morgan fingerprint density at radius 2 is 0.944 bits per heavy atom. The monoisotopic (exact) mass is 266 g/mol. The summed E-state index contributed by atoms with van der Waals surface area (Å²) >= 11 is 0. The van der Waals surface area contributed by atoms with Crippen LogP contribution in [-0.2, 0) is 19.6 Å². The van der Waals surface area contributed by atoms with Gasteiger partial charge in [0.05, 0.1) is 0 Å². The lowest BCUT2D eigenvalue weighted by atomic mass is 10.0. The fraction of sp³-hybridized carbons (Fsp3) is 1.00. The smallest absolute Gasteiger partial charge is 0.227 e. The van der Waals surface area contributed by atoms with E-state index in [9.17, 15) is 0 Å². The van der Waals surface area contributed by atoms with Crippen molar-refractivity contribution in [2.75, 3.05) is 0 Å². The van der Waals surface area contributed by atoms with E-state index in [1.54, 1.807) is 0 Å². The Bertz CT molecular complexity index is 161. The van der Waals surface area contributed by atoms with E-state index in [0.717, 1.165) is 25.7 Å². The molecule has 110 valence electrons. The summed E-state index contributed by atoms with van der Waals surface area (Å²) < 4.78 is 0. The third-order valence-corrected chi connectivity index (χ3v) is 3.32. The van der Waals surface area contributed by atoms with Crippen molar-refractivity contribution in [3.63, 3.8) is 0 Å². The maximum Gasteiger partial charge on any atom is 0.227 e. The van der Waals surface area contributed by atoms with Crippen LogP contribution in [0.1, 0.15) is 53.4 Å². The Morgan fingerprint density at radius 1 is 0.667 bits per heavy atom. The highest BCUT2D eigenvalue weighted by atomic mass is 17.3. The van der Waals surface area contributed by atoms with E-state index in [1.165, 1.54) is 0 Å². The molecule has 0 heterocycles. The van der Waals surface area contributed by atoms with Crippen LogP contribution in [0.2, 0.25) is 0 Å². The van der Waals surface area contributed by atoms with Crippen molar-refractivity contribution in [1.29, 1.82) is 0 Å². The van der Waals surface area contributed by atoms with Gasteiger partial charge in [-0.25, -0.2) is 20.3 Å². The highest BCUT2D eigenvalue weighted by Gasteiger charge is 2.27. The predicted molar refractivity (Wildman–Crippen MR) is 65.3 cm³/mol. The number of hydrogen-bond acceptors (Lipinski definition) is 6. The van der Waals surface area contributed by atoms with Crippen molar-refractivity contribution < 1.29 is 30.1 Å². The van der Waals surface area contributed by atoms with Crippen molar-refractivity contribution >= 4 is 0 Å². The van der Waals surface area contributed by atoms with E-state index in [4.69, 9.17) is 20.3 Å². The lowest BCUT2D eigenvalue weighted by Crippen LogP contribution is -2.32. The summed E-state index contributed by atoms with van der Waals surface area (Å²) in [7, 11) is 0. The summed E-state index contributed by atoms with van der Waals surface area (Å²) in [6.07, 6.45) is 1.35. The van der Waals surface area contributed by atoms with Gasteiger partial charge in [-0.1, -0.05) is 27.7 Å². The molecule has 2 atom stereocenters. The fourth-order valence-electron chi connectivity index (χ4n) is 1.82. The molecule has 0 saturated carbocycles. The van der Waals surface area contributed by atoms with Crippen LogP contribution in [0.25, 0.3) is 0 Å². The average molecular weight is 266 g/mol. The quantitative estimate of drug-likeness (QED) is 0.339. The first-order valence-corrected chi connectivity index (χ1v) is 6.60. The Morgan fingerprint density at radius 3 is 1.11 bits per heavy atom. The topological polar surface area (TPSA) is 77.4 Å². The second kappa shape index (κ2) is 10.7. The number of rotatable bonds is 11. The van der Waals surface area contributed by atoms with Gasteiger partial charge in [-0.2, -0.15) is 9.78 Å². The molecule has 0 aromatic heterocycles. The van der Waals surface area contributed by atoms with E-state index < -0.39 is 12.6 Å². The van der Waals surface area contributed by atoms with Crippen molar-refractivity contribution in [3.05, 3.63) is 0 Å². The molecule has 0 aliphatic heterocycles. The third kappa shape index (κ3) is 5.60. The van der Waals surface area contributed by atoms with Gasteiger partial charge >= 0.3 is 0 Å². The van der Waals surface area contributed by atoms with Gasteiger partial charge in [0.1, 0.15) is 0 Å². The molecule has 0 saturated heterocycles. The van der Waals surface area contributed by atoms with Gasteiger partial charge in [0.25, 0.3) is 0 Å². The first-order valence-electron chi connectivity index (χ1n) is 6.60. The lowest BCUT2D eigenvalue weighted by Gasteiger charge is -2.25. The molecule has 0 radical (unpaired) electrons. The number of hydrogen-bond donors (Lipinski definition) is 2. The Labute approximate surface area is 109 Å². The van der Waals surface area contributed by atoms with Crippen LogP contribution in [0, 0.1) is 11.8 Å². The van der Waals surface area contributed by atoms with Gasteiger partial charge in [0.2, 0.25) is 12.6 Å². The Balaban J connectivity index is 4.30. The molecule has 0 rings (SSSR count). The molecule has 0 spiro atoms. The van der Waals surface area contributed by atoms with Crippen LogP contribution in [0.15, 0.2) is 0 Å². The highest BCUT2D eigenvalue weighted by molar-refractivity contribution is 4.59. The summed E-state index contributed by atoms with van der Waals surface area (Å²) in [5.74, 6) is 0.0205. The van der Waals surface area contributed by atoms with Crippen LogP contribution < -0.4 is 0 Å². The molecule has 0 bridgehead atoms. The molecule has 0 aromatic rings. The van der Waals surface area contributed by atoms with Gasteiger partial charge in [0.15, 0.2) is 0 Å². The van der Waals surface area contributed by atoms with E-state index in [0.29, 0.717) is 0 Å². The van der Waals surface area contributed by atoms with E-state index in [2.05, 4.69) is 9.78 Å². The molecule has 6 heteroatoms. The van der Waals surface area contributed by atoms with Gasteiger partial charge < -0.3 is 0 Å². The molecule has 6 nitrogen and oxygen atoms in total. The molecule has 0 fully saturated rings. The zero-order valence-electron chi connectivity index (χ0n) is 11.7. The largest absolute Gasteiger partial charge is 0.249 e. The zero-order chi connectivity index (χ0) is 14.0. The minimum absolute atomic E-state index is 0.0102. The highest BCUT2D eigenvalue weighted by Crippen LogP contribution is 2.21. The fourth-order valence-corrected chi connectivity index (χ4v) is 1.82. The van der Waals surface area contributed by atoms with Crippen molar-refractivity contribution in [2.24, 2.45) is 11.8 Å². The SMILES string of the molecule is CCC(CC)C(OO)OOC(OO)C(CC)CC. The van der Waals surface area contributed by atoms with Gasteiger partial charge in [0, 0.05) is 11.8 Å². The summed E-state index contributed by atoms with van der Waals surface area (Å²) in [5.41, 5.74) is 0. The molecule has 0 aliphatic rings. The van der Waals surface area contributed by atoms with Crippen LogP contribution >= 0.6 is 0 Å². The van der Waals surface area contributed by atoms with Crippen molar-refractivity contribution in [3.8, 4) is 0 Å². The molecule has 18 heavy (non-hydrogen) atoms.